The number of nitrogens with zero attached hydrogens (tertiary/aromatic N) is 3. The summed E-state index contributed by atoms with van der Waals surface area (Å²) in [7, 11) is 1.64. The lowest BCUT2D eigenvalue weighted by Gasteiger charge is -2.27. The van der Waals surface area contributed by atoms with Crippen molar-refractivity contribution in [2.75, 3.05) is 26.7 Å². The summed E-state index contributed by atoms with van der Waals surface area (Å²) in [4.78, 5) is 16.7. The standard InChI is InChI=1S/C18H22FN3O2/c1-24-15-9-17(18(23)21-6-2-3-7-21)22(12-15)11-14-8-13(10-20)4-5-16(14)19/h4-5,8,15,17H,2-3,6-7,9,11-12H2,1H3/t15-,17-/m0/s1. The molecule has 2 aliphatic heterocycles. The lowest BCUT2D eigenvalue weighted by Crippen LogP contribution is -2.44. The van der Waals surface area contributed by atoms with E-state index >= 15 is 0 Å². The lowest BCUT2D eigenvalue weighted by molar-refractivity contribution is -0.135. The van der Waals surface area contributed by atoms with Crippen LogP contribution in [-0.4, -0.2) is 54.6 Å². The third-order valence-corrected chi connectivity index (χ3v) is 4.95. The summed E-state index contributed by atoms with van der Waals surface area (Å²) in [6.45, 7) is 2.51. The van der Waals surface area contributed by atoms with Crippen LogP contribution in [0.15, 0.2) is 18.2 Å². The first-order valence-electron chi connectivity index (χ1n) is 8.36. The Morgan fingerprint density at radius 2 is 2.17 bits per heavy atom. The number of methoxy groups -OCH3 is 1. The molecule has 2 atom stereocenters. The topological polar surface area (TPSA) is 56.6 Å². The second kappa shape index (κ2) is 7.29. The van der Waals surface area contributed by atoms with E-state index in [2.05, 4.69) is 0 Å². The number of amides is 1. The summed E-state index contributed by atoms with van der Waals surface area (Å²) in [5, 5.41) is 9.01. The Morgan fingerprint density at radius 3 is 2.83 bits per heavy atom. The van der Waals surface area contributed by atoms with Crippen molar-refractivity contribution in [1.82, 2.24) is 9.80 Å². The van der Waals surface area contributed by atoms with Crippen LogP contribution in [0.25, 0.3) is 0 Å². The van der Waals surface area contributed by atoms with Crippen molar-refractivity contribution in [3.05, 3.63) is 35.1 Å². The largest absolute Gasteiger partial charge is 0.380 e. The predicted octanol–water partition coefficient (Wildman–Crippen LogP) is 1.91. The molecule has 0 saturated carbocycles. The van der Waals surface area contributed by atoms with Crippen LogP contribution in [-0.2, 0) is 16.1 Å². The number of halogens is 1. The minimum absolute atomic E-state index is 0.0243. The maximum atomic E-state index is 14.1. The summed E-state index contributed by atoms with van der Waals surface area (Å²) in [6, 6.07) is 6.10. The first kappa shape index (κ1) is 16.9. The minimum atomic E-state index is -0.345. The number of hydrogen-bond acceptors (Lipinski definition) is 4. The van der Waals surface area contributed by atoms with Gasteiger partial charge in [-0.05, 0) is 37.5 Å². The molecule has 0 aliphatic carbocycles. The molecule has 3 rings (SSSR count). The van der Waals surface area contributed by atoms with Crippen molar-refractivity contribution >= 4 is 5.91 Å². The van der Waals surface area contributed by atoms with Gasteiger partial charge in [-0.1, -0.05) is 0 Å². The van der Waals surface area contributed by atoms with Crippen LogP contribution >= 0.6 is 0 Å². The molecule has 1 aromatic carbocycles. The summed E-state index contributed by atoms with van der Waals surface area (Å²) in [5.74, 6) is -0.230. The SMILES string of the molecule is CO[C@H]1C[C@@H](C(=O)N2CCCC2)N(Cc2cc(C#N)ccc2F)C1. The molecular weight excluding hydrogens is 309 g/mol. The Bertz CT molecular complexity index is 652. The van der Waals surface area contributed by atoms with Gasteiger partial charge in [-0.15, -0.1) is 0 Å². The molecule has 2 saturated heterocycles. The predicted molar refractivity (Wildman–Crippen MR) is 86.5 cm³/mol. The monoisotopic (exact) mass is 331 g/mol. The molecule has 0 unspecified atom stereocenters. The van der Waals surface area contributed by atoms with Gasteiger partial charge in [0.05, 0.1) is 23.8 Å². The number of hydrogen-bond donors (Lipinski definition) is 0. The van der Waals surface area contributed by atoms with Gasteiger partial charge in [-0.25, -0.2) is 4.39 Å². The number of ether oxygens (including phenoxy) is 1. The summed E-state index contributed by atoms with van der Waals surface area (Å²) in [5.41, 5.74) is 0.876. The van der Waals surface area contributed by atoms with Gasteiger partial charge in [-0.3, -0.25) is 9.69 Å². The summed E-state index contributed by atoms with van der Waals surface area (Å²) >= 11 is 0. The van der Waals surface area contributed by atoms with E-state index in [1.807, 2.05) is 15.9 Å². The molecule has 2 heterocycles. The van der Waals surface area contributed by atoms with E-state index < -0.39 is 0 Å². The highest BCUT2D eigenvalue weighted by Crippen LogP contribution is 2.26. The Hall–Kier alpha value is -1.97. The van der Waals surface area contributed by atoms with E-state index in [1.165, 1.54) is 12.1 Å². The second-order valence-electron chi connectivity index (χ2n) is 6.49. The zero-order valence-corrected chi connectivity index (χ0v) is 13.9. The number of likely N-dealkylation sites (tertiary alicyclic amines) is 2. The minimum Gasteiger partial charge on any atom is -0.380 e. The third kappa shape index (κ3) is 3.42. The Balaban J connectivity index is 1.79. The Kier molecular flexibility index (Phi) is 5.12. The van der Waals surface area contributed by atoms with E-state index in [0.29, 0.717) is 30.6 Å². The summed E-state index contributed by atoms with van der Waals surface area (Å²) < 4.78 is 19.5. The Labute approximate surface area is 141 Å². The molecule has 24 heavy (non-hydrogen) atoms. The average molecular weight is 331 g/mol. The molecule has 128 valence electrons. The van der Waals surface area contributed by atoms with E-state index in [-0.39, 0.29) is 23.9 Å². The zero-order chi connectivity index (χ0) is 17.1. The fraction of sp³-hybridized carbons (Fsp3) is 0.556. The molecule has 2 aliphatic rings. The van der Waals surface area contributed by atoms with Crippen LogP contribution in [0.4, 0.5) is 4.39 Å². The smallest absolute Gasteiger partial charge is 0.240 e. The molecule has 0 N–H and O–H groups in total. The number of benzene rings is 1. The number of rotatable bonds is 4. The van der Waals surface area contributed by atoms with E-state index in [0.717, 1.165) is 25.9 Å². The van der Waals surface area contributed by atoms with Crippen molar-refractivity contribution < 1.29 is 13.9 Å². The molecule has 0 spiro atoms. The highest BCUT2D eigenvalue weighted by molar-refractivity contribution is 5.82. The Morgan fingerprint density at radius 1 is 1.42 bits per heavy atom. The molecule has 2 fully saturated rings. The molecule has 0 radical (unpaired) electrons. The van der Waals surface area contributed by atoms with E-state index in [9.17, 15) is 9.18 Å². The van der Waals surface area contributed by atoms with Crippen LogP contribution in [0.3, 0.4) is 0 Å². The van der Waals surface area contributed by atoms with Gasteiger partial charge >= 0.3 is 0 Å². The molecule has 0 bridgehead atoms. The zero-order valence-electron chi connectivity index (χ0n) is 13.9. The number of carbonyl (C=O) groups excluding carboxylic acids is 1. The highest BCUT2D eigenvalue weighted by atomic mass is 19.1. The maximum absolute atomic E-state index is 14.1. The van der Waals surface area contributed by atoms with Crippen molar-refractivity contribution in [3.8, 4) is 6.07 Å². The van der Waals surface area contributed by atoms with Crippen molar-refractivity contribution in [3.63, 3.8) is 0 Å². The average Bonchev–Trinajstić information content (AvgIpc) is 3.26. The normalized spacial score (nSPS) is 24.3. The van der Waals surface area contributed by atoms with Gasteiger partial charge in [0.2, 0.25) is 5.91 Å². The fourth-order valence-electron chi connectivity index (χ4n) is 3.60. The molecule has 0 aromatic heterocycles. The van der Waals surface area contributed by atoms with Crippen LogP contribution in [0.1, 0.15) is 30.4 Å². The maximum Gasteiger partial charge on any atom is 0.240 e. The molecule has 5 nitrogen and oxygen atoms in total. The lowest BCUT2D eigenvalue weighted by atomic mass is 10.1. The van der Waals surface area contributed by atoms with Gasteiger partial charge in [0, 0.05) is 38.9 Å². The molecule has 1 aromatic rings. The van der Waals surface area contributed by atoms with Crippen molar-refractivity contribution in [1.29, 1.82) is 5.26 Å². The van der Waals surface area contributed by atoms with Gasteiger partial charge in [0.25, 0.3) is 0 Å². The van der Waals surface area contributed by atoms with Gasteiger partial charge in [0.15, 0.2) is 0 Å². The molecular formula is C18H22FN3O2. The first-order chi connectivity index (χ1) is 11.6. The van der Waals surface area contributed by atoms with Crippen LogP contribution in [0, 0.1) is 17.1 Å². The van der Waals surface area contributed by atoms with Crippen molar-refractivity contribution in [2.24, 2.45) is 0 Å². The second-order valence-corrected chi connectivity index (χ2v) is 6.49. The van der Waals surface area contributed by atoms with E-state index in [1.54, 1.807) is 13.2 Å². The first-order valence-corrected chi connectivity index (χ1v) is 8.36. The highest BCUT2D eigenvalue weighted by Gasteiger charge is 2.39. The van der Waals surface area contributed by atoms with Crippen molar-refractivity contribution in [2.45, 2.75) is 38.0 Å². The third-order valence-electron chi connectivity index (χ3n) is 4.95. The van der Waals surface area contributed by atoms with Crippen LogP contribution < -0.4 is 0 Å². The number of carbonyl (C=O) groups is 1. The fourth-order valence-corrected chi connectivity index (χ4v) is 3.60. The number of nitriles is 1. The molecule has 1 amide bonds. The van der Waals surface area contributed by atoms with Gasteiger partial charge in [0.1, 0.15) is 5.82 Å². The van der Waals surface area contributed by atoms with Crippen LogP contribution in [0.2, 0.25) is 0 Å². The summed E-state index contributed by atoms with van der Waals surface area (Å²) in [6.07, 6.45) is 2.70. The van der Waals surface area contributed by atoms with E-state index in [4.69, 9.17) is 10.00 Å². The van der Waals surface area contributed by atoms with Gasteiger partial charge < -0.3 is 9.64 Å². The van der Waals surface area contributed by atoms with Crippen LogP contribution in [0.5, 0.6) is 0 Å². The van der Waals surface area contributed by atoms with Gasteiger partial charge in [-0.2, -0.15) is 5.26 Å². The quantitative estimate of drug-likeness (QED) is 0.846. The molecule has 6 heteroatoms.